The minimum atomic E-state index is -0.512. The number of nitrogens with two attached hydrogens (primary N) is 1. The summed E-state index contributed by atoms with van der Waals surface area (Å²) in [6.45, 7) is 5.08. The van der Waals surface area contributed by atoms with E-state index in [0.29, 0.717) is 19.7 Å². The van der Waals surface area contributed by atoms with Crippen LogP contribution in [0.15, 0.2) is 0 Å². The van der Waals surface area contributed by atoms with Gasteiger partial charge in [0.15, 0.2) is 6.10 Å². The van der Waals surface area contributed by atoms with Crippen LogP contribution in [0.5, 0.6) is 0 Å². The number of carbonyl (C=O) groups excluding carboxylic acids is 1. The second-order valence-electron chi connectivity index (χ2n) is 4.04. The van der Waals surface area contributed by atoms with E-state index in [0.717, 1.165) is 0 Å². The first kappa shape index (κ1) is 12.0. The van der Waals surface area contributed by atoms with Crippen molar-refractivity contribution >= 4 is 5.91 Å². The number of morpholine rings is 1. The fourth-order valence-corrected chi connectivity index (χ4v) is 1.42. The largest absolute Gasteiger partial charge is 0.360 e. The Kier molecular flexibility index (Phi) is 4.06. The normalized spacial score (nSPS) is 23.7. The van der Waals surface area contributed by atoms with E-state index in [-0.39, 0.29) is 11.8 Å². The lowest BCUT2D eigenvalue weighted by Crippen LogP contribution is -2.52. The summed E-state index contributed by atoms with van der Waals surface area (Å²) in [4.78, 5) is 13.5. The average molecular weight is 211 g/mol. The number of nitriles is 1. The Morgan fingerprint density at radius 2 is 2.33 bits per heavy atom. The molecular weight excluding hydrogens is 194 g/mol. The number of rotatable bonds is 2. The standard InChI is InChI=1S/C10H17N3O2/c1-7(2)9(12)10(14)13-3-4-15-8(5-11)6-13/h7-9H,3-4,6,12H2,1-2H3. The summed E-state index contributed by atoms with van der Waals surface area (Å²) in [5, 5.41) is 8.69. The minimum absolute atomic E-state index is 0.0893. The molecule has 0 aliphatic carbocycles. The molecule has 1 heterocycles. The van der Waals surface area contributed by atoms with Gasteiger partial charge in [0.2, 0.25) is 5.91 Å². The Hall–Kier alpha value is -1.12. The van der Waals surface area contributed by atoms with Crippen molar-refractivity contribution in [3.05, 3.63) is 0 Å². The SMILES string of the molecule is CC(C)C(N)C(=O)N1CCOC(C#N)C1. The van der Waals surface area contributed by atoms with Gasteiger partial charge in [-0.15, -0.1) is 0 Å². The zero-order valence-electron chi connectivity index (χ0n) is 9.14. The summed E-state index contributed by atoms with van der Waals surface area (Å²) in [7, 11) is 0. The van der Waals surface area contributed by atoms with Gasteiger partial charge in [-0.25, -0.2) is 0 Å². The summed E-state index contributed by atoms with van der Waals surface area (Å²) >= 11 is 0. The van der Waals surface area contributed by atoms with Gasteiger partial charge < -0.3 is 15.4 Å². The third-order valence-electron chi connectivity index (χ3n) is 2.53. The maximum atomic E-state index is 11.8. The highest BCUT2D eigenvalue weighted by atomic mass is 16.5. The summed E-state index contributed by atoms with van der Waals surface area (Å²) in [6.07, 6.45) is -0.512. The summed E-state index contributed by atoms with van der Waals surface area (Å²) < 4.78 is 5.15. The molecule has 2 N–H and O–H groups in total. The third kappa shape index (κ3) is 2.91. The van der Waals surface area contributed by atoms with E-state index in [4.69, 9.17) is 15.7 Å². The zero-order valence-corrected chi connectivity index (χ0v) is 9.14. The molecule has 1 fully saturated rings. The summed E-state index contributed by atoms with van der Waals surface area (Å²) in [6, 6.07) is 1.52. The van der Waals surface area contributed by atoms with Crippen molar-refractivity contribution in [2.45, 2.75) is 26.0 Å². The van der Waals surface area contributed by atoms with Gasteiger partial charge in [0.1, 0.15) is 0 Å². The molecule has 1 rings (SSSR count). The van der Waals surface area contributed by atoms with Crippen molar-refractivity contribution in [1.29, 1.82) is 5.26 Å². The van der Waals surface area contributed by atoms with E-state index < -0.39 is 12.1 Å². The van der Waals surface area contributed by atoms with Gasteiger partial charge in [0.05, 0.1) is 25.3 Å². The number of carbonyl (C=O) groups is 1. The molecule has 1 amide bonds. The first-order chi connectivity index (χ1) is 7.06. The molecule has 2 atom stereocenters. The van der Waals surface area contributed by atoms with Gasteiger partial charge >= 0.3 is 0 Å². The number of hydrogen-bond acceptors (Lipinski definition) is 4. The average Bonchev–Trinajstić information content (AvgIpc) is 2.27. The van der Waals surface area contributed by atoms with Crippen molar-refractivity contribution in [3.8, 4) is 6.07 Å². The van der Waals surface area contributed by atoms with Crippen molar-refractivity contribution < 1.29 is 9.53 Å². The van der Waals surface area contributed by atoms with Crippen LogP contribution in [-0.2, 0) is 9.53 Å². The van der Waals surface area contributed by atoms with Gasteiger partial charge in [0, 0.05) is 6.54 Å². The highest BCUT2D eigenvalue weighted by molar-refractivity contribution is 5.82. The van der Waals surface area contributed by atoms with E-state index in [1.54, 1.807) is 4.90 Å². The molecule has 84 valence electrons. The Bertz CT molecular complexity index is 272. The van der Waals surface area contributed by atoms with Gasteiger partial charge in [-0.2, -0.15) is 5.26 Å². The Morgan fingerprint density at radius 1 is 1.67 bits per heavy atom. The highest BCUT2D eigenvalue weighted by Crippen LogP contribution is 2.09. The number of hydrogen-bond donors (Lipinski definition) is 1. The molecule has 0 radical (unpaired) electrons. The fourth-order valence-electron chi connectivity index (χ4n) is 1.42. The molecule has 0 aromatic heterocycles. The van der Waals surface area contributed by atoms with Crippen LogP contribution >= 0.6 is 0 Å². The van der Waals surface area contributed by atoms with Crippen LogP contribution in [-0.4, -0.2) is 42.6 Å². The topological polar surface area (TPSA) is 79.3 Å². The molecule has 1 aliphatic heterocycles. The molecule has 0 spiro atoms. The lowest BCUT2D eigenvalue weighted by molar-refractivity contribution is -0.139. The highest BCUT2D eigenvalue weighted by Gasteiger charge is 2.28. The third-order valence-corrected chi connectivity index (χ3v) is 2.53. The van der Waals surface area contributed by atoms with Crippen LogP contribution in [0.25, 0.3) is 0 Å². The van der Waals surface area contributed by atoms with Crippen LogP contribution in [0.3, 0.4) is 0 Å². The van der Waals surface area contributed by atoms with Gasteiger partial charge in [0.25, 0.3) is 0 Å². The van der Waals surface area contributed by atoms with Crippen molar-refractivity contribution in [2.75, 3.05) is 19.7 Å². The molecular formula is C10H17N3O2. The molecule has 0 aromatic carbocycles. The van der Waals surface area contributed by atoms with Crippen LogP contribution in [0.4, 0.5) is 0 Å². The van der Waals surface area contributed by atoms with Gasteiger partial charge in [-0.3, -0.25) is 4.79 Å². The van der Waals surface area contributed by atoms with E-state index in [1.165, 1.54) is 0 Å². The fraction of sp³-hybridized carbons (Fsp3) is 0.800. The quantitative estimate of drug-likeness (QED) is 0.681. The number of amides is 1. The predicted octanol–water partition coefficient (Wildman–Crippen LogP) is -0.279. The second kappa shape index (κ2) is 5.10. The predicted molar refractivity (Wildman–Crippen MR) is 54.7 cm³/mol. The van der Waals surface area contributed by atoms with Crippen LogP contribution in [0.2, 0.25) is 0 Å². The molecule has 0 aromatic rings. The summed E-state index contributed by atoms with van der Waals surface area (Å²) in [5.41, 5.74) is 5.76. The lowest BCUT2D eigenvalue weighted by atomic mass is 10.0. The van der Waals surface area contributed by atoms with Gasteiger partial charge in [-0.05, 0) is 5.92 Å². The smallest absolute Gasteiger partial charge is 0.239 e. The maximum absolute atomic E-state index is 11.8. The maximum Gasteiger partial charge on any atom is 0.239 e. The molecule has 15 heavy (non-hydrogen) atoms. The Labute approximate surface area is 89.8 Å². The van der Waals surface area contributed by atoms with E-state index >= 15 is 0 Å². The van der Waals surface area contributed by atoms with E-state index in [9.17, 15) is 4.79 Å². The minimum Gasteiger partial charge on any atom is -0.360 e. The van der Waals surface area contributed by atoms with Crippen molar-refractivity contribution in [1.82, 2.24) is 4.90 Å². The summed E-state index contributed by atoms with van der Waals surface area (Å²) in [5.74, 6) is 0.0226. The van der Waals surface area contributed by atoms with Crippen molar-refractivity contribution in [3.63, 3.8) is 0 Å². The molecule has 2 unspecified atom stereocenters. The second-order valence-corrected chi connectivity index (χ2v) is 4.04. The first-order valence-corrected chi connectivity index (χ1v) is 5.12. The Morgan fingerprint density at radius 3 is 2.87 bits per heavy atom. The Balaban J connectivity index is 2.57. The molecule has 0 saturated carbocycles. The lowest BCUT2D eigenvalue weighted by Gasteiger charge is -2.32. The van der Waals surface area contributed by atoms with E-state index in [2.05, 4.69) is 0 Å². The zero-order chi connectivity index (χ0) is 11.4. The van der Waals surface area contributed by atoms with Crippen molar-refractivity contribution in [2.24, 2.45) is 11.7 Å². The molecule has 5 nitrogen and oxygen atoms in total. The van der Waals surface area contributed by atoms with E-state index in [1.807, 2.05) is 19.9 Å². The molecule has 0 bridgehead atoms. The van der Waals surface area contributed by atoms with Gasteiger partial charge in [-0.1, -0.05) is 13.8 Å². The number of ether oxygens (including phenoxy) is 1. The molecule has 1 saturated heterocycles. The van der Waals surface area contributed by atoms with Crippen LogP contribution < -0.4 is 5.73 Å². The molecule has 1 aliphatic rings. The molecule has 5 heteroatoms. The monoisotopic (exact) mass is 211 g/mol. The first-order valence-electron chi connectivity index (χ1n) is 5.12. The number of nitrogens with zero attached hydrogens (tertiary/aromatic N) is 2. The van der Waals surface area contributed by atoms with Crippen LogP contribution in [0, 0.1) is 17.2 Å². The van der Waals surface area contributed by atoms with Crippen LogP contribution in [0.1, 0.15) is 13.8 Å².